The average Bonchev–Trinajstić information content (AvgIpc) is 2.55. The molecular weight excluding hydrogens is 642 g/mol. The molecule has 26 heavy (non-hydrogen) atoms. The maximum Gasteiger partial charge on any atom is 0.253 e. The Hall–Kier alpha value is -0.0700. The molecule has 0 radical (unpaired) electrons. The minimum atomic E-state index is -1.81. The van der Waals surface area contributed by atoms with Crippen molar-refractivity contribution >= 4 is 109 Å². The summed E-state index contributed by atoms with van der Waals surface area (Å²) in [6.45, 7) is 0. The number of carbonyl (C=O) groups excluding carboxylic acids is 1. The summed E-state index contributed by atoms with van der Waals surface area (Å²) < 4.78 is 0.0831. The molecule has 0 aliphatic carbocycles. The van der Waals surface area contributed by atoms with Gasteiger partial charge in [-0.3, -0.25) is 4.79 Å². The van der Waals surface area contributed by atoms with Crippen LogP contribution in [0.3, 0.4) is 0 Å². The highest BCUT2D eigenvalue weighted by atomic mass is 127. The number of para-hydroxylation sites is 1. The van der Waals surface area contributed by atoms with Crippen LogP contribution in [-0.2, 0) is 0 Å². The van der Waals surface area contributed by atoms with E-state index in [1.807, 2.05) is 30.3 Å². The number of halogens is 5. The van der Waals surface area contributed by atoms with E-state index >= 15 is 0 Å². The van der Waals surface area contributed by atoms with Crippen molar-refractivity contribution in [3.8, 4) is 0 Å². The molecule has 2 aromatic carbocycles. The molecule has 1 amide bonds. The Bertz CT molecular complexity index is 817. The molecule has 0 aliphatic heterocycles. The van der Waals surface area contributed by atoms with Gasteiger partial charge in [0, 0.05) is 12.7 Å². The molecular formula is C16H12Cl3I2N3OS. The molecule has 0 aliphatic rings. The highest BCUT2D eigenvalue weighted by Gasteiger charge is 2.35. The van der Waals surface area contributed by atoms with Gasteiger partial charge < -0.3 is 16.0 Å². The Morgan fingerprint density at radius 3 is 2.35 bits per heavy atom. The second-order valence-electron chi connectivity index (χ2n) is 5.04. The molecule has 1 atom stereocenters. The summed E-state index contributed by atoms with van der Waals surface area (Å²) in [5, 5.41) is 8.72. The fourth-order valence-electron chi connectivity index (χ4n) is 1.90. The standard InChI is InChI=1S/C16H12Cl3I2N3OS/c17-16(18,19)14(23-13(25)9-4-3-5-10(20)8-9)24-15(26)22-12-7-2-1-6-11(12)21/h1-8,14H,(H,23,25)(H2,22,24,26)/t14-/m1/s1. The van der Waals surface area contributed by atoms with Crippen LogP contribution in [0.25, 0.3) is 0 Å². The van der Waals surface area contributed by atoms with Crippen molar-refractivity contribution in [3.05, 3.63) is 61.2 Å². The predicted octanol–water partition coefficient (Wildman–Crippen LogP) is 5.31. The third-order valence-electron chi connectivity index (χ3n) is 3.09. The molecule has 4 nitrogen and oxygen atoms in total. The Morgan fingerprint density at radius 2 is 1.73 bits per heavy atom. The van der Waals surface area contributed by atoms with Crippen LogP contribution in [0.2, 0.25) is 0 Å². The molecule has 10 heteroatoms. The number of thiocarbonyl (C=S) groups is 1. The zero-order valence-corrected chi connectivity index (χ0v) is 20.3. The van der Waals surface area contributed by atoms with E-state index in [1.54, 1.807) is 18.2 Å². The lowest BCUT2D eigenvalue weighted by atomic mass is 10.2. The second-order valence-corrected chi connectivity index (χ2v) is 10.2. The lowest BCUT2D eigenvalue weighted by Crippen LogP contribution is -2.56. The zero-order chi connectivity index (χ0) is 19.3. The molecule has 138 valence electrons. The number of rotatable bonds is 4. The van der Waals surface area contributed by atoms with Crippen molar-refractivity contribution in [1.29, 1.82) is 0 Å². The van der Waals surface area contributed by atoms with Crippen molar-refractivity contribution in [2.24, 2.45) is 0 Å². The van der Waals surface area contributed by atoms with E-state index in [4.69, 9.17) is 47.0 Å². The molecule has 2 aromatic rings. The van der Waals surface area contributed by atoms with Crippen LogP contribution in [0, 0.1) is 7.14 Å². The highest BCUT2D eigenvalue weighted by molar-refractivity contribution is 14.1. The van der Waals surface area contributed by atoms with Gasteiger partial charge in [0.2, 0.25) is 3.79 Å². The molecule has 0 aromatic heterocycles. The normalized spacial score (nSPS) is 12.2. The minimum Gasteiger partial charge on any atom is -0.339 e. The minimum absolute atomic E-state index is 0.216. The van der Waals surface area contributed by atoms with Gasteiger partial charge in [-0.1, -0.05) is 53.0 Å². The fourth-order valence-corrected chi connectivity index (χ4v) is 3.52. The summed E-state index contributed by atoms with van der Waals surface area (Å²) >= 11 is 27.6. The smallest absolute Gasteiger partial charge is 0.253 e. The van der Waals surface area contributed by atoms with E-state index in [0.29, 0.717) is 5.56 Å². The van der Waals surface area contributed by atoms with Crippen LogP contribution >= 0.6 is 92.2 Å². The highest BCUT2D eigenvalue weighted by Crippen LogP contribution is 2.29. The predicted molar refractivity (Wildman–Crippen MR) is 129 cm³/mol. The molecule has 0 heterocycles. The van der Waals surface area contributed by atoms with E-state index in [0.717, 1.165) is 12.8 Å². The van der Waals surface area contributed by atoms with E-state index < -0.39 is 9.96 Å². The number of amides is 1. The quantitative estimate of drug-likeness (QED) is 0.181. The Balaban J connectivity index is 2.09. The Morgan fingerprint density at radius 1 is 1.04 bits per heavy atom. The van der Waals surface area contributed by atoms with Crippen LogP contribution in [0.1, 0.15) is 10.4 Å². The van der Waals surface area contributed by atoms with Gasteiger partial charge in [0.15, 0.2) is 5.11 Å². The first kappa shape index (κ1) is 22.2. The van der Waals surface area contributed by atoms with Gasteiger partial charge in [-0.25, -0.2) is 0 Å². The lowest BCUT2D eigenvalue weighted by molar-refractivity contribution is 0.0934. The van der Waals surface area contributed by atoms with E-state index in [2.05, 4.69) is 61.1 Å². The number of hydrogen-bond donors (Lipinski definition) is 3. The van der Waals surface area contributed by atoms with Gasteiger partial charge in [0.25, 0.3) is 5.91 Å². The first-order valence-corrected chi connectivity index (χ1v) is 10.8. The number of hydrogen-bond acceptors (Lipinski definition) is 2. The molecule has 0 saturated carbocycles. The molecule has 0 spiro atoms. The first-order valence-electron chi connectivity index (χ1n) is 7.12. The third-order valence-corrected chi connectivity index (χ3v) is 5.57. The number of anilines is 1. The van der Waals surface area contributed by atoms with Crippen LogP contribution in [0.5, 0.6) is 0 Å². The van der Waals surface area contributed by atoms with Crippen LogP contribution in [-0.4, -0.2) is 21.0 Å². The van der Waals surface area contributed by atoms with Gasteiger partial charge in [0.1, 0.15) is 6.17 Å². The van der Waals surface area contributed by atoms with E-state index in [-0.39, 0.29) is 11.0 Å². The maximum absolute atomic E-state index is 12.5. The van der Waals surface area contributed by atoms with E-state index in [9.17, 15) is 4.79 Å². The van der Waals surface area contributed by atoms with Crippen molar-refractivity contribution in [2.75, 3.05) is 5.32 Å². The van der Waals surface area contributed by atoms with Gasteiger partial charge in [-0.2, -0.15) is 0 Å². The van der Waals surface area contributed by atoms with Crippen LogP contribution in [0.4, 0.5) is 5.69 Å². The second kappa shape index (κ2) is 9.92. The van der Waals surface area contributed by atoms with Crippen LogP contribution in [0.15, 0.2) is 48.5 Å². The molecule has 0 bridgehead atoms. The summed E-state index contributed by atoms with van der Waals surface area (Å²) in [7, 11) is 0. The number of benzene rings is 2. The first-order chi connectivity index (χ1) is 12.2. The summed E-state index contributed by atoms with van der Waals surface area (Å²) in [4.78, 5) is 12.5. The monoisotopic (exact) mass is 653 g/mol. The van der Waals surface area contributed by atoms with Gasteiger partial charge in [0.05, 0.1) is 5.69 Å². The van der Waals surface area contributed by atoms with Gasteiger partial charge in [-0.15, -0.1) is 0 Å². The lowest BCUT2D eigenvalue weighted by Gasteiger charge is -2.28. The van der Waals surface area contributed by atoms with Gasteiger partial charge in [-0.05, 0) is 87.7 Å². The number of nitrogens with one attached hydrogen (secondary N) is 3. The summed E-state index contributed by atoms with van der Waals surface area (Å²) in [6, 6.07) is 14.6. The van der Waals surface area contributed by atoms with Crippen molar-refractivity contribution in [1.82, 2.24) is 10.6 Å². The zero-order valence-electron chi connectivity index (χ0n) is 12.9. The molecule has 2 rings (SSSR count). The Labute approximate surface area is 199 Å². The van der Waals surface area contributed by atoms with Crippen molar-refractivity contribution in [2.45, 2.75) is 9.96 Å². The maximum atomic E-state index is 12.5. The van der Waals surface area contributed by atoms with Crippen molar-refractivity contribution in [3.63, 3.8) is 0 Å². The SMILES string of the molecule is O=C(N[C@H](NC(=S)Nc1ccccc1I)C(Cl)(Cl)Cl)c1cccc(I)c1. The third kappa shape index (κ3) is 6.83. The van der Waals surface area contributed by atoms with Gasteiger partial charge >= 0.3 is 0 Å². The summed E-state index contributed by atoms with van der Waals surface area (Å²) in [5.41, 5.74) is 1.26. The van der Waals surface area contributed by atoms with Crippen molar-refractivity contribution < 1.29 is 4.79 Å². The molecule has 0 fully saturated rings. The molecule has 0 saturated heterocycles. The Kier molecular flexibility index (Phi) is 8.48. The molecule has 0 unspecified atom stereocenters. The topological polar surface area (TPSA) is 53.2 Å². The largest absolute Gasteiger partial charge is 0.339 e. The van der Waals surface area contributed by atoms with E-state index in [1.165, 1.54) is 0 Å². The molecule has 3 N–H and O–H groups in total. The average molecular weight is 655 g/mol. The number of alkyl halides is 3. The van der Waals surface area contributed by atoms with Crippen LogP contribution < -0.4 is 16.0 Å². The summed E-state index contributed by atoms with van der Waals surface area (Å²) in [5.74, 6) is -0.385. The number of carbonyl (C=O) groups is 1. The summed E-state index contributed by atoms with van der Waals surface area (Å²) in [6.07, 6.45) is -1.03. The fraction of sp³-hybridized carbons (Fsp3) is 0.125.